The Kier molecular flexibility index (Phi) is 5.36. The molecular formula is C18H20N2O. The Hall–Kier alpha value is -2.31. The molecule has 0 aromatic heterocycles. The number of hydrogen-bond acceptors (Lipinski definition) is 3. The highest BCUT2D eigenvalue weighted by atomic mass is 16.5. The van der Waals surface area contributed by atoms with Crippen LogP contribution in [-0.2, 0) is 0 Å². The first-order valence-electron chi connectivity index (χ1n) is 7.06. The Morgan fingerprint density at radius 2 is 1.81 bits per heavy atom. The topological polar surface area (TPSA) is 45.0 Å². The number of nitrogens with one attached hydrogen (secondary N) is 1. The van der Waals surface area contributed by atoms with Gasteiger partial charge in [-0.15, -0.1) is 0 Å². The fraction of sp³-hybridized carbons (Fsp3) is 0.278. The van der Waals surface area contributed by atoms with Crippen molar-refractivity contribution < 1.29 is 4.74 Å². The molecule has 0 fully saturated rings. The van der Waals surface area contributed by atoms with E-state index >= 15 is 0 Å². The Morgan fingerprint density at radius 3 is 2.48 bits per heavy atom. The van der Waals surface area contributed by atoms with Gasteiger partial charge in [-0.3, -0.25) is 0 Å². The summed E-state index contributed by atoms with van der Waals surface area (Å²) in [6.45, 7) is 2.72. The van der Waals surface area contributed by atoms with Crippen LogP contribution in [0.1, 0.15) is 30.0 Å². The summed E-state index contributed by atoms with van der Waals surface area (Å²) >= 11 is 0. The van der Waals surface area contributed by atoms with Crippen molar-refractivity contribution in [2.45, 2.75) is 18.9 Å². The SMILES string of the molecule is COc1cccc([C@H](C)NCC(C#N)c2ccccc2)c1. The van der Waals surface area contributed by atoms with Gasteiger partial charge in [-0.25, -0.2) is 0 Å². The Bertz CT molecular complexity index is 604. The lowest BCUT2D eigenvalue weighted by Crippen LogP contribution is -2.24. The van der Waals surface area contributed by atoms with Gasteiger partial charge in [0.25, 0.3) is 0 Å². The first-order valence-corrected chi connectivity index (χ1v) is 7.06. The summed E-state index contributed by atoms with van der Waals surface area (Å²) in [6, 6.07) is 20.4. The molecule has 21 heavy (non-hydrogen) atoms. The van der Waals surface area contributed by atoms with Crippen LogP contribution >= 0.6 is 0 Å². The summed E-state index contributed by atoms with van der Waals surface area (Å²) in [4.78, 5) is 0. The largest absolute Gasteiger partial charge is 0.497 e. The van der Waals surface area contributed by atoms with Gasteiger partial charge in [0.1, 0.15) is 5.75 Å². The Balaban J connectivity index is 1.99. The minimum absolute atomic E-state index is 0.140. The van der Waals surface area contributed by atoms with Gasteiger partial charge >= 0.3 is 0 Å². The predicted molar refractivity (Wildman–Crippen MR) is 84.2 cm³/mol. The summed E-state index contributed by atoms with van der Waals surface area (Å²) < 4.78 is 5.24. The van der Waals surface area contributed by atoms with Crippen LogP contribution in [0.4, 0.5) is 0 Å². The van der Waals surface area contributed by atoms with E-state index in [2.05, 4.69) is 24.4 Å². The molecule has 3 heteroatoms. The zero-order valence-electron chi connectivity index (χ0n) is 12.4. The van der Waals surface area contributed by atoms with Crippen LogP contribution < -0.4 is 10.1 Å². The maximum atomic E-state index is 9.34. The lowest BCUT2D eigenvalue weighted by atomic mass is 10.00. The van der Waals surface area contributed by atoms with Gasteiger partial charge in [0, 0.05) is 12.6 Å². The average Bonchev–Trinajstić information content (AvgIpc) is 2.56. The Morgan fingerprint density at radius 1 is 1.10 bits per heavy atom. The van der Waals surface area contributed by atoms with Crippen molar-refractivity contribution in [3.05, 3.63) is 65.7 Å². The molecule has 2 aromatic rings. The first-order chi connectivity index (χ1) is 10.2. The fourth-order valence-electron chi connectivity index (χ4n) is 2.25. The second-order valence-corrected chi connectivity index (χ2v) is 5.00. The lowest BCUT2D eigenvalue weighted by molar-refractivity contribution is 0.413. The lowest BCUT2D eigenvalue weighted by Gasteiger charge is -2.17. The van der Waals surface area contributed by atoms with Crippen LogP contribution in [0.3, 0.4) is 0 Å². The molecule has 0 bridgehead atoms. The molecule has 0 amide bonds. The minimum atomic E-state index is -0.140. The smallest absolute Gasteiger partial charge is 0.119 e. The fourth-order valence-corrected chi connectivity index (χ4v) is 2.25. The minimum Gasteiger partial charge on any atom is -0.497 e. The molecule has 0 radical (unpaired) electrons. The van der Waals surface area contributed by atoms with Crippen LogP contribution in [0.25, 0.3) is 0 Å². The van der Waals surface area contributed by atoms with Crippen molar-refractivity contribution in [1.82, 2.24) is 5.32 Å². The molecule has 0 heterocycles. The van der Waals surface area contributed by atoms with E-state index in [0.717, 1.165) is 16.9 Å². The van der Waals surface area contributed by atoms with Gasteiger partial charge < -0.3 is 10.1 Å². The van der Waals surface area contributed by atoms with Gasteiger partial charge in [-0.1, -0.05) is 42.5 Å². The third-order valence-corrected chi connectivity index (χ3v) is 3.58. The van der Waals surface area contributed by atoms with Crippen LogP contribution in [0, 0.1) is 11.3 Å². The number of methoxy groups -OCH3 is 1. The molecule has 1 N–H and O–H groups in total. The van der Waals surface area contributed by atoms with E-state index in [4.69, 9.17) is 4.74 Å². The van der Waals surface area contributed by atoms with E-state index in [9.17, 15) is 5.26 Å². The highest BCUT2D eigenvalue weighted by Crippen LogP contribution is 2.20. The van der Waals surface area contributed by atoms with Crippen LogP contribution in [-0.4, -0.2) is 13.7 Å². The quantitative estimate of drug-likeness (QED) is 0.878. The summed E-state index contributed by atoms with van der Waals surface area (Å²) in [5.74, 6) is 0.709. The highest BCUT2D eigenvalue weighted by molar-refractivity contribution is 5.30. The van der Waals surface area contributed by atoms with Gasteiger partial charge in [0.2, 0.25) is 0 Å². The van der Waals surface area contributed by atoms with Gasteiger partial charge in [0.05, 0.1) is 19.1 Å². The molecule has 2 rings (SSSR count). The van der Waals surface area contributed by atoms with E-state index in [-0.39, 0.29) is 12.0 Å². The van der Waals surface area contributed by atoms with Crippen LogP contribution in [0.2, 0.25) is 0 Å². The second-order valence-electron chi connectivity index (χ2n) is 5.00. The number of rotatable bonds is 6. The molecule has 0 saturated carbocycles. The zero-order valence-corrected chi connectivity index (χ0v) is 12.4. The number of nitriles is 1. The summed E-state index contributed by atoms with van der Waals surface area (Å²) in [7, 11) is 1.67. The number of ether oxygens (including phenoxy) is 1. The number of benzene rings is 2. The number of nitrogens with zero attached hydrogens (tertiary/aromatic N) is 1. The Labute approximate surface area is 126 Å². The molecule has 0 aliphatic carbocycles. The summed E-state index contributed by atoms with van der Waals surface area (Å²) in [5, 5.41) is 12.8. The van der Waals surface area contributed by atoms with Crippen molar-refractivity contribution >= 4 is 0 Å². The van der Waals surface area contributed by atoms with E-state index in [0.29, 0.717) is 6.54 Å². The van der Waals surface area contributed by atoms with E-state index in [1.807, 2.05) is 48.5 Å². The third-order valence-electron chi connectivity index (χ3n) is 3.58. The molecule has 2 aromatic carbocycles. The van der Waals surface area contributed by atoms with Crippen molar-refractivity contribution in [1.29, 1.82) is 5.26 Å². The summed E-state index contributed by atoms with van der Waals surface area (Å²) in [5.41, 5.74) is 2.20. The van der Waals surface area contributed by atoms with E-state index in [1.165, 1.54) is 0 Å². The molecule has 0 aliphatic rings. The van der Waals surface area contributed by atoms with Crippen molar-refractivity contribution in [3.63, 3.8) is 0 Å². The molecule has 3 nitrogen and oxygen atoms in total. The highest BCUT2D eigenvalue weighted by Gasteiger charge is 2.12. The molecule has 108 valence electrons. The third kappa shape index (κ3) is 4.08. The maximum Gasteiger partial charge on any atom is 0.119 e. The zero-order chi connectivity index (χ0) is 15.1. The van der Waals surface area contributed by atoms with Crippen molar-refractivity contribution in [2.75, 3.05) is 13.7 Å². The van der Waals surface area contributed by atoms with Crippen LogP contribution in [0.15, 0.2) is 54.6 Å². The monoisotopic (exact) mass is 280 g/mol. The van der Waals surface area contributed by atoms with Crippen LogP contribution in [0.5, 0.6) is 5.75 Å². The predicted octanol–water partition coefficient (Wildman–Crippen LogP) is 3.65. The molecule has 0 spiro atoms. The second kappa shape index (κ2) is 7.47. The maximum absolute atomic E-state index is 9.34. The molecule has 0 aliphatic heterocycles. The first kappa shape index (κ1) is 15.1. The van der Waals surface area contributed by atoms with E-state index < -0.39 is 0 Å². The molecule has 2 atom stereocenters. The normalized spacial score (nSPS) is 13.2. The standard InChI is InChI=1S/C18H20N2O/c1-14(16-9-6-10-18(11-16)21-2)20-13-17(12-19)15-7-4-3-5-8-15/h3-11,14,17,20H,13H2,1-2H3/t14-,17?/m0/s1. The molecule has 0 saturated heterocycles. The average molecular weight is 280 g/mol. The summed E-state index contributed by atoms with van der Waals surface area (Å²) in [6.07, 6.45) is 0. The van der Waals surface area contributed by atoms with Gasteiger partial charge in [0.15, 0.2) is 0 Å². The van der Waals surface area contributed by atoms with E-state index in [1.54, 1.807) is 7.11 Å². The van der Waals surface area contributed by atoms with Gasteiger partial charge in [-0.05, 0) is 30.2 Å². The molecular weight excluding hydrogens is 260 g/mol. The van der Waals surface area contributed by atoms with Crippen molar-refractivity contribution in [3.8, 4) is 11.8 Å². The molecule has 1 unspecified atom stereocenters. The number of hydrogen-bond donors (Lipinski definition) is 1. The van der Waals surface area contributed by atoms with Gasteiger partial charge in [-0.2, -0.15) is 5.26 Å². The van der Waals surface area contributed by atoms with Crippen molar-refractivity contribution in [2.24, 2.45) is 0 Å².